The predicted molar refractivity (Wildman–Crippen MR) is 60.1 cm³/mol. The van der Waals surface area contributed by atoms with Gasteiger partial charge < -0.3 is 4.98 Å². The average molecular weight is 184 g/mol. The van der Waals surface area contributed by atoms with Gasteiger partial charge in [0.1, 0.15) is 5.65 Å². The van der Waals surface area contributed by atoms with Gasteiger partial charge in [-0.1, -0.05) is 24.8 Å². The molecule has 1 N–H and O–H groups in total. The maximum atomic E-state index is 4.26. The molecule has 0 aliphatic rings. The Morgan fingerprint density at radius 3 is 3.14 bits per heavy atom. The molecular formula is C12H12N2. The van der Waals surface area contributed by atoms with Crippen LogP contribution in [-0.2, 0) is 0 Å². The molecule has 0 amide bonds. The van der Waals surface area contributed by atoms with Gasteiger partial charge in [0.2, 0.25) is 0 Å². The zero-order chi connectivity index (χ0) is 9.97. The van der Waals surface area contributed by atoms with Gasteiger partial charge >= 0.3 is 0 Å². The second kappa shape index (κ2) is 3.50. The van der Waals surface area contributed by atoms with Crippen molar-refractivity contribution in [3.8, 4) is 0 Å². The Hall–Kier alpha value is -1.83. The largest absolute Gasteiger partial charge is 0.343 e. The van der Waals surface area contributed by atoms with Crippen molar-refractivity contribution in [2.45, 2.75) is 6.92 Å². The second-order valence-corrected chi connectivity index (χ2v) is 3.16. The van der Waals surface area contributed by atoms with Crippen LogP contribution in [0.2, 0.25) is 0 Å². The number of nitrogens with zero attached hydrogens (tertiary/aromatic N) is 1. The molecule has 0 saturated carbocycles. The number of hydrogen-bond donors (Lipinski definition) is 1. The van der Waals surface area contributed by atoms with Crippen LogP contribution in [0.4, 0.5) is 0 Å². The lowest BCUT2D eigenvalue weighted by molar-refractivity contribution is 1.24. The number of nitrogens with one attached hydrogen (secondary N) is 1. The summed E-state index contributed by atoms with van der Waals surface area (Å²) in [5, 5.41) is 1.16. The molecule has 0 aromatic carbocycles. The standard InChI is InChI=1S/C12H12N2/c1-3-4-6-10-9(2)14-12-11(10)7-5-8-13-12/h3-8H,1H2,2H3,(H,13,14)/b6-4-. The first-order valence-electron chi connectivity index (χ1n) is 4.55. The van der Waals surface area contributed by atoms with E-state index in [1.807, 2.05) is 25.1 Å². The number of H-pyrrole nitrogens is 1. The molecule has 0 radical (unpaired) electrons. The zero-order valence-corrected chi connectivity index (χ0v) is 8.12. The first-order chi connectivity index (χ1) is 6.83. The van der Waals surface area contributed by atoms with Gasteiger partial charge in [-0.25, -0.2) is 4.98 Å². The summed E-state index contributed by atoms with van der Waals surface area (Å²) in [5.41, 5.74) is 3.26. The second-order valence-electron chi connectivity index (χ2n) is 3.16. The molecule has 0 spiro atoms. The van der Waals surface area contributed by atoms with Gasteiger partial charge in [-0.15, -0.1) is 0 Å². The summed E-state index contributed by atoms with van der Waals surface area (Å²) in [7, 11) is 0. The summed E-state index contributed by atoms with van der Waals surface area (Å²) >= 11 is 0. The monoisotopic (exact) mass is 184 g/mol. The molecule has 0 aliphatic carbocycles. The molecule has 70 valence electrons. The first kappa shape index (κ1) is 8.75. The molecule has 2 nitrogen and oxygen atoms in total. The number of fused-ring (bicyclic) bond motifs is 1. The number of aromatic amines is 1. The highest BCUT2D eigenvalue weighted by Gasteiger charge is 2.04. The SMILES string of the molecule is C=C/C=C\c1c(C)[nH]c2ncccc12. The summed E-state index contributed by atoms with van der Waals surface area (Å²) in [6.07, 6.45) is 7.54. The van der Waals surface area contributed by atoms with Gasteiger partial charge in [-0.05, 0) is 19.1 Å². The highest BCUT2D eigenvalue weighted by atomic mass is 14.8. The number of aromatic nitrogens is 2. The third-order valence-corrected chi connectivity index (χ3v) is 2.21. The molecule has 0 saturated heterocycles. The Morgan fingerprint density at radius 1 is 1.50 bits per heavy atom. The topological polar surface area (TPSA) is 28.7 Å². The predicted octanol–water partition coefficient (Wildman–Crippen LogP) is 3.07. The van der Waals surface area contributed by atoms with Gasteiger partial charge in [-0.3, -0.25) is 0 Å². The van der Waals surface area contributed by atoms with Crippen LogP contribution in [0, 0.1) is 6.92 Å². The molecule has 2 heterocycles. The summed E-state index contributed by atoms with van der Waals surface area (Å²) in [6.45, 7) is 5.70. The zero-order valence-electron chi connectivity index (χ0n) is 8.12. The van der Waals surface area contributed by atoms with E-state index in [0.717, 1.165) is 16.7 Å². The third-order valence-electron chi connectivity index (χ3n) is 2.21. The lowest BCUT2D eigenvalue weighted by atomic mass is 10.1. The number of pyridine rings is 1. The van der Waals surface area contributed by atoms with E-state index in [-0.39, 0.29) is 0 Å². The molecule has 0 unspecified atom stereocenters. The van der Waals surface area contributed by atoms with Crippen molar-refractivity contribution in [3.63, 3.8) is 0 Å². The normalized spacial score (nSPS) is 11.2. The van der Waals surface area contributed by atoms with E-state index in [2.05, 4.69) is 22.6 Å². The van der Waals surface area contributed by atoms with Crippen molar-refractivity contribution in [1.29, 1.82) is 0 Å². The van der Waals surface area contributed by atoms with E-state index in [1.54, 1.807) is 12.3 Å². The molecule has 0 aliphatic heterocycles. The van der Waals surface area contributed by atoms with Gasteiger partial charge in [0, 0.05) is 22.8 Å². The van der Waals surface area contributed by atoms with E-state index in [9.17, 15) is 0 Å². The lowest BCUT2D eigenvalue weighted by Crippen LogP contribution is -1.72. The van der Waals surface area contributed by atoms with Crippen LogP contribution >= 0.6 is 0 Å². The fourth-order valence-corrected chi connectivity index (χ4v) is 1.55. The summed E-state index contributed by atoms with van der Waals surface area (Å²) < 4.78 is 0. The van der Waals surface area contributed by atoms with Crippen LogP contribution in [0.15, 0.2) is 37.1 Å². The van der Waals surface area contributed by atoms with E-state index in [4.69, 9.17) is 0 Å². The van der Waals surface area contributed by atoms with Crippen LogP contribution in [0.3, 0.4) is 0 Å². The molecule has 0 bridgehead atoms. The first-order valence-corrected chi connectivity index (χ1v) is 4.55. The summed E-state index contributed by atoms with van der Waals surface area (Å²) in [4.78, 5) is 7.49. The number of aryl methyl sites for hydroxylation is 1. The van der Waals surface area contributed by atoms with Crippen LogP contribution in [0.1, 0.15) is 11.3 Å². The van der Waals surface area contributed by atoms with E-state index in [1.165, 1.54) is 5.56 Å². The fraction of sp³-hybridized carbons (Fsp3) is 0.0833. The van der Waals surface area contributed by atoms with Crippen LogP contribution in [0.5, 0.6) is 0 Å². The van der Waals surface area contributed by atoms with Crippen LogP contribution in [0.25, 0.3) is 17.1 Å². The molecular weight excluding hydrogens is 172 g/mol. The Labute approximate surface area is 83.0 Å². The maximum absolute atomic E-state index is 4.26. The molecule has 0 atom stereocenters. The van der Waals surface area contributed by atoms with Crippen LogP contribution in [-0.4, -0.2) is 9.97 Å². The lowest BCUT2D eigenvalue weighted by Gasteiger charge is -1.90. The van der Waals surface area contributed by atoms with Gasteiger partial charge in [-0.2, -0.15) is 0 Å². The van der Waals surface area contributed by atoms with E-state index >= 15 is 0 Å². The van der Waals surface area contributed by atoms with Crippen LogP contribution < -0.4 is 0 Å². The van der Waals surface area contributed by atoms with E-state index < -0.39 is 0 Å². The van der Waals surface area contributed by atoms with Gasteiger partial charge in [0.05, 0.1) is 0 Å². The molecule has 2 aromatic heterocycles. The minimum atomic E-state index is 0.939. The summed E-state index contributed by atoms with van der Waals surface area (Å²) in [5.74, 6) is 0. The summed E-state index contributed by atoms with van der Waals surface area (Å²) in [6, 6.07) is 4.01. The Morgan fingerprint density at radius 2 is 2.36 bits per heavy atom. The average Bonchev–Trinajstić information content (AvgIpc) is 2.51. The Kier molecular flexibility index (Phi) is 2.19. The van der Waals surface area contributed by atoms with Crippen molar-refractivity contribution >= 4 is 17.1 Å². The highest BCUT2D eigenvalue weighted by molar-refractivity contribution is 5.88. The van der Waals surface area contributed by atoms with Crippen molar-refractivity contribution in [2.24, 2.45) is 0 Å². The fourth-order valence-electron chi connectivity index (χ4n) is 1.55. The minimum Gasteiger partial charge on any atom is -0.343 e. The Bertz CT molecular complexity index is 492. The molecule has 14 heavy (non-hydrogen) atoms. The molecule has 2 aromatic rings. The highest BCUT2D eigenvalue weighted by Crippen LogP contribution is 2.21. The smallest absolute Gasteiger partial charge is 0.138 e. The molecule has 0 fully saturated rings. The van der Waals surface area contributed by atoms with Gasteiger partial charge in [0.15, 0.2) is 0 Å². The van der Waals surface area contributed by atoms with Crippen molar-refractivity contribution in [1.82, 2.24) is 9.97 Å². The minimum absolute atomic E-state index is 0.939. The number of hydrogen-bond acceptors (Lipinski definition) is 1. The van der Waals surface area contributed by atoms with E-state index in [0.29, 0.717) is 0 Å². The van der Waals surface area contributed by atoms with Gasteiger partial charge in [0.25, 0.3) is 0 Å². The van der Waals surface area contributed by atoms with Crippen molar-refractivity contribution in [3.05, 3.63) is 48.3 Å². The quantitative estimate of drug-likeness (QED) is 0.714. The molecule has 2 rings (SSSR count). The number of rotatable bonds is 2. The van der Waals surface area contributed by atoms with Crippen molar-refractivity contribution < 1.29 is 0 Å². The number of allylic oxidation sites excluding steroid dienone is 2. The Balaban J connectivity index is 2.67. The molecule has 2 heteroatoms. The third kappa shape index (κ3) is 1.35. The maximum Gasteiger partial charge on any atom is 0.138 e. The van der Waals surface area contributed by atoms with Crippen molar-refractivity contribution in [2.75, 3.05) is 0 Å².